The molecular weight excluding hydrogens is 374 g/mol. The number of nitrogens with one attached hydrogen (secondary N) is 2. The Bertz CT molecular complexity index is 957. The molecule has 0 atom stereocenters. The molecule has 0 radical (unpaired) electrons. The summed E-state index contributed by atoms with van der Waals surface area (Å²) in [7, 11) is 3.33. The maximum atomic E-state index is 12.5. The standard InChI is InChI=1S/C21H21N3O3S/c1-24(14-15-6-3-9-18(12-15)27-2)21(26)23-17-8-4-7-16(13-17)22-20(25)19-10-5-11-28-19/h3-13H,14H2,1-2H3,(H,22,25)(H,23,26). The molecule has 0 aliphatic carbocycles. The van der Waals surface area contributed by atoms with Crippen LogP contribution in [-0.4, -0.2) is 31.0 Å². The summed E-state index contributed by atoms with van der Waals surface area (Å²) < 4.78 is 5.21. The van der Waals surface area contributed by atoms with Crippen LogP contribution < -0.4 is 15.4 Å². The molecule has 2 N–H and O–H groups in total. The average molecular weight is 395 g/mol. The molecule has 3 aromatic rings. The normalized spacial score (nSPS) is 10.2. The second-order valence-electron chi connectivity index (χ2n) is 6.15. The predicted octanol–water partition coefficient (Wildman–Crippen LogP) is 4.67. The van der Waals surface area contributed by atoms with Crippen LogP contribution in [0.4, 0.5) is 16.2 Å². The van der Waals surface area contributed by atoms with Crippen LogP contribution in [0.15, 0.2) is 66.0 Å². The summed E-state index contributed by atoms with van der Waals surface area (Å²) in [6, 6.07) is 18.0. The van der Waals surface area contributed by atoms with E-state index in [1.54, 1.807) is 49.4 Å². The lowest BCUT2D eigenvalue weighted by molar-refractivity contribution is 0.103. The van der Waals surface area contributed by atoms with Crippen molar-refractivity contribution in [1.82, 2.24) is 4.90 Å². The molecule has 0 aliphatic heterocycles. The second kappa shape index (κ2) is 9.05. The van der Waals surface area contributed by atoms with E-state index in [9.17, 15) is 9.59 Å². The first-order valence-corrected chi connectivity index (χ1v) is 9.53. The van der Waals surface area contributed by atoms with E-state index in [2.05, 4.69) is 10.6 Å². The highest BCUT2D eigenvalue weighted by Crippen LogP contribution is 2.19. The zero-order valence-electron chi connectivity index (χ0n) is 15.6. The molecule has 3 rings (SSSR count). The topological polar surface area (TPSA) is 70.7 Å². The summed E-state index contributed by atoms with van der Waals surface area (Å²) in [4.78, 5) is 26.9. The first kappa shape index (κ1) is 19.4. The molecule has 0 aliphatic rings. The van der Waals surface area contributed by atoms with Crippen LogP contribution in [0.2, 0.25) is 0 Å². The number of carbonyl (C=O) groups is 2. The summed E-state index contributed by atoms with van der Waals surface area (Å²) >= 11 is 1.38. The van der Waals surface area contributed by atoms with E-state index in [4.69, 9.17) is 4.74 Å². The smallest absolute Gasteiger partial charge is 0.321 e. The van der Waals surface area contributed by atoms with Gasteiger partial charge in [0.25, 0.3) is 5.91 Å². The summed E-state index contributed by atoms with van der Waals surface area (Å²) in [5, 5.41) is 7.53. The molecule has 1 aromatic heterocycles. The average Bonchev–Trinajstić information content (AvgIpc) is 3.23. The number of hydrogen-bond acceptors (Lipinski definition) is 4. The van der Waals surface area contributed by atoms with Crippen LogP contribution in [-0.2, 0) is 6.54 Å². The molecule has 6 nitrogen and oxygen atoms in total. The van der Waals surface area contributed by atoms with Crippen LogP contribution >= 0.6 is 11.3 Å². The number of benzene rings is 2. The number of ether oxygens (including phenoxy) is 1. The summed E-state index contributed by atoms with van der Waals surface area (Å²) in [5.74, 6) is 0.578. The van der Waals surface area contributed by atoms with Gasteiger partial charge in [0.05, 0.1) is 12.0 Å². The molecule has 144 valence electrons. The van der Waals surface area contributed by atoms with Crippen molar-refractivity contribution in [2.24, 2.45) is 0 Å². The highest BCUT2D eigenvalue weighted by molar-refractivity contribution is 7.12. The van der Waals surface area contributed by atoms with Crippen LogP contribution in [0.25, 0.3) is 0 Å². The van der Waals surface area contributed by atoms with E-state index < -0.39 is 0 Å². The largest absolute Gasteiger partial charge is 0.497 e. The van der Waals surface area contributed by atoms with Gasteiger partial charge in [-0.2, -0.15) is 0 Å². The van der Waals surface area contributed by atoms with E-state index in [0.29, 0.717) is 22.8 Å². The molecule has 0 unspecified atom stereocenters. The number of amides is 3. The van der Waals surface area contributed by atoms with Gasteiger partial charge in [0, 0.05) is 25.0 Å². The first-order chi connectivity index (χ1) is 13.5. The minimum atomic E-state index is -0.246. The molecule has 0 spiro atoms. The number of urea groups is 1. The number of carbonyl (C=O) groups excluding carboxylic acids is 2. The van der Waals surface area contributed by atoms with Crippen molar-refractivity contribution < 1.29 is 14.3 Å². The number of rotatable bonds is 6. The number of thiophene rings is 1. The fraction of sp³-hybridized carbons (Fsp3) is 0.143. The van der Waals surface area contributed by atoms with Gasteiger partial charge in [-0.3, -0.25) is 4.79 Å². The van der Waals surface area contributed by atoms with Crippen LogP contribution in [0.5, 0.6) is 5.75 Å². The quantitative estimate of drug-likeness (QED) is 0.637. The van der Waals surface area contributed by atoms with Gasteiger partial charge in [0.1, 0.15) is 5.75 Å². The maximum Gasteiger partial charge on any atom is 0.321 e. The van der Waals surface area contributed by atoms with Crippen LogP contribution in [0.3, 0.4) is 0 Å². The van der Waals surface area contributed by atoms with Crippen LogP contribution in [0, 0.1) is 0 Å². The number of methoxy groups -OCH3 is 1. The molecule has 2 aromatic carbocycles. The number of nitrogens with zero attached hydrogens (tertiary/aromatic N) is 1. The Morgan fingerprint density at radius 3 is 2.46 bits per heavy atom. The Balaban J connectivity index is 1.61. The summed E-state index contributed by atoms with van der Waals surface area (Å²) in [6.07, 6.45) is 0. The Kier molecular flexibility index (Phi) is 6.29. The molecule has 0 saturated carbocycles. The lowest BCUT2D eigenvalue weighted by atomic mass is 10.2. The third kappa shape index (κ3) is 5.11. The van der Waals surface area contributed by atoms with Gasteiger partial charge in [-0.25, -0.2) is 4.79 Å². The molecule has 3 amide bonds. The van der Waals surface area contributed by atoms with Crippen molar-refractivity contribution >= 4 is 34.6 Å². The SMILES string of the molecule is COc1cccc(CN(C)C(=O)Nc2cccc(NC(=O)c3cccs3)c2)c1. The van der Waals surface area contributed by atoms with E-state index in [1.165, 1.54) is 11.3 Å². The number of hydrogen-bond donors (Lipinski definition) is 2. The number of anilines is 2. The summed E-state index contributed by atoms with van der Waals surface area (Å²) in [6.45, 7) is 0.442. The Morgan fingerprint density at radius 2 is 1.75 bits per heavy atom. The molecule has 28 heavy (non-hydrogen) atoms. The fourth-order valence-electron chi connectivity index (χ4n) is 2.61. The molecule has 7 heteroatoms. The molecule has 1 heterocycles. The Morgan fingerprint density at radius 1 is 1.00 bits per heavy atom. The zero-order valence-corrected chi connectivity index (χ0v) is 16.5. The second-order valence-corrected chi connectivity index (χ2v) is 7.10. The molecular formula is C21H21N3O3S. The van der Waals surface area contributed by atoms with Gasteiger partial charge in [0.15, 0.2) is 0 Å². The van der Waals surface area contributed by atoms with E-state index >= 15 is 0 Å². The minimum absolute atomic E-state index is 0.173. The third-order valence-corrected chi connectivity index (χ3v) is 4.89. The van der Waals surface area contributed by atoms with E-state index in [1.807, 2.05) is 35.7 Å². The third-order valence-electron chi connectivity index (χ3n) is 4.02. The fourth-order valence-corrected chi connectivity index (χ4v) is 3.23. The first-order valence-electron chi connectivity index (χ1n) is 8.65. The van der Waals surface area contributed by atoms with E-state index in [-0.39, 0.29) is 11.9 Å². The van der Waals surface area contributed by atoms with Gasteiger partial charge in [0.2, 0.25) is 0 Å². The highest BCUT2D eigenvalue weighted by atomic mass is 32.1. The monoisotopic (exact) mass is 395 g/mol. The van der Waals surface area contributed by atoms with Crippen molar-refractivity contribution in [3.8, 4) is 5.75 Å². The molecule has 0 bridgehead atoms. The lowest BCUT2D eigenvalue weighted by Gasteiger charge is -2.18. The Hall–Kier alpha value is -3.32. The van der Waals surface area contributed by atoms with Gasteiger partial charge in [-0.05, 0) is 47.3 Å². The molecule has 0 saturated heterocycles. The summed E-state index contributed by atoms with van der Waals surface area (Å²) in [5.41, 5.74) is 2.19. The zero-order chi connectivity index (χ0) is 19.9. The van der Waals surface area contributed by atoms with Crippen molar-refractivity contribution in [3.05, 3.63) is 76.5 Å². The van der Waals surface area contributed by atoms with Gasteiger partial charge in [-0.1, -0.05) is 24.3 Å². The minimum Gasteiger partial charge on any atom is -0.497 e. The maximum absolute atomic E-state index is 12.5. The lowest BCUT2D eigenvalue weighted by Crippen LogP contribution is -2.30. The molecule has 0 fully saturated rings. The van der Waals surface area contributed by atoms with Crippen LogP contribution in [0.1, 0.15) is 15.2 Å². The van der Waals surface area contributed by atoms with Crippen molar-refractivity contribution in [2.75, 3.05) is 24.8 Å². The van der Waals surface area contributed by atoms with Crippen molar-refractivity contribution in [1.29, 1.82) is 0 Å². The highest BCUT2D eigenvalue weighted by Gasteiger charge is 2.11. The van der Waals surface area contributed by atoms with Gasteiger partial charge >= 0.3 is 6.03 Å². The predicted molar refractivity (Wildman–Crippen MR) is 112 cm³/mol. The Labute approximate surface area is 167 Å². The van der Waals surface area contributed by atoms with Gasteiger partial charge in [-0.15, -0.1) is 11.3 Å². The van der Waals surface area contributed by atoms with Crippen molar-refractivity contribution in [2.45, 2.75) is 6.54 Å². The van der Waals surface area contributed by atoms with E-state index in [0.717, 1.165) is 11.3 Å². The van der Waals surface area contributed by atoms with Crippen molar-refractivity contribution in [3.63, 3.8) is 0 Å². The van der Waals surface area contributed by atoms with Gasteiger partial charge < -0.3 is 20.3 Å².